The maximum Gasteiger partial charge on any atom is 0.192 e. The lowest BCUT2D eigenvalue weighted by Gasteiger charge is -2.41. The fourth-order valence-electron chi connectivity index (χ4n) is 2.34. The van der Waals surface area contributed by atoms with E-state index in [1.54, 1.807) is 0 Å². The summed E-state index contributed by atoms with van der Waals surface area (Å²) in [4.78, 5) is 0. The smallest absolute Gasteiger partial charge is 0.192 e. The Balaban J connectivity index is 2.66. The van der Waals surface area contributed by atoms with Crippen molar-refractivity contribution in [3.8, 4) is 0 Å². The zero-order valence-corrected chi connectivity index (χ0v) is 17.8. The molecule has 0 aromatic heterocycles. The summed E-state index contributed by atoms with van der Waals surface area (Å²) < 4.78 is 12.1. The molecule has 25 heavy (non-hydrogen) atoms. The van der Waals surface area contributed by atoms with E-state index >= 15 is 0 Å². The van der Waals surface area contributed by atoms with E-state index in [1.165, 1.54) is 0 Å². The predicted molar refractivity (Wildman–Crippen MR) is 105 cm³/mol. The van der Waals surface area contributed by atoms with E-state index in [1.807, 2.05) is 44.2 Å². The lowest BCUT2D eigenvalue weighted by Crippen LogP contribution is -2.51. The third-order valence-electron chi connectivity index (χ3n) is 5.45. The molecule has 0 fully saturated rings. The lowest BCUT2D eigenvalue weighted by atomic mass is 9.95. The van der Waals surface area contributed by atoms with Crippen LogP contribution < -0.4 is 0 Å². The molecule has 0 aliphatic rings. The summed E-state index contributed by atoms with van der Waals surface area (Å²) in [6, 6.07) is 9.98. The van der Waals surface area contributed by atoms with E-state index in [0.717, 1.165) is 5.56 Å². The van der Waals surface area contributed by atoms with Gasteiger partial charge < -0.3 is 19.4 Å². The van der Waals surface area contributed by atoms with Crippen molar-refractivity contribution in [2.45, 2.75) is 77.7 Å². The van der Waals surface area contributed by atoms with E-state index in [0.29, 0.717) is 6.61 Å². The highest BCUT2D eigenvalue weighted by molar-refractivity contribution is 6.74. The number of rotatable bonds is 9. The topological polar surface area (TPSA) is 58.9 Å². The van der Waals surface area contributed by atoms with Gasteiger partial charge in [-0.3, -0.25) is 0 Å². The molecule has 0 radical (unpaired) electrons. The molecule has 0 saturated heterocycles. The number of ether oxygens (including phenoxy) is 1. The van der Waals surface area contributed by atoms with Gasteiger partial charge in [0.1, 0.15) is 0 Å². The molecule has 0 aliphatic heterocycles. The van der Waals surface area contributed by atoms with E-state index in [9.17, 15) is 10.2 Å². The summed E-state index contributed by atoms with van der Waals surface area (Å²) >= 11 is 0. The van der Waals surface area contributed by atoms with Gasteiger partial charge in [0.15, 0.2) is 8.32 Å². The summed E-state index contributed by atoms with van der Waals surface area (Å²) in [7, 11) is -2.06. The SMILES string of the molecule is C[C@H]([C@@H](O)[C@H](CO)O[Si](C)(C)C(C)(C)C)[C@@H](C)OCc1ccccc1. The van der Waals surface area contributed by atoms with Crippen molar-refractivity contribution in [1.29, 1.82) is 0 Å². The van der Waals surface area contributed by atoms with Gasteiger partial charge in [0.25, 0.3) is 0 Å². The van der Waals surface area contributed by atoms with Crippen LogP contribution in [0.3, 0.4) is 0 Å². The zero-order valence-electron chi connectivity index (χ0n) is 16.8. The Morgan fingerprint density at radius 3 is 2.12 bits per heavy atom. The van der Waals surface area contributed by atoms with Crippen molar-refractivity contribution in [3.63, 3.8) is 0 Å². The highest BCUT2D eigenvalue weighted by Crippen LogP contribution is 2.38. The number of aliphatic hydroxyl groups excluding tert-OH is 2. The molecular formula is C20H36O4Si. The predicted octanol–water partition coefficient (Wildman–Crippen LogP) is 3.97. The number of hydrogen-bond donors (Lipinski definition) is 2. The third-order valence-corrected chi connectivity index (χ3v) is 9.95. The van der Waals surface area contributed by atoms with Crippen molar-refractivity contribution in [1.82, 2.24) is 0 Å². The van der Waals surface area contributed by atoms with Crippen LogP contribution in [-0.4, -0.2) is 43.4 Å². The van der Waals surface area contributed by atoms with Crippen molar-refractivity contribution in [3.05, 3.63) is 35.9 Å². The molecule has 2 N–H and O–H groups in total. The van der Waals surface area contributed by atoms with Crippen LogP contribution in [0.15, 0.2) is 30.3 Å². The summed E-state index contributed by atoms with van der Waals surface area (Å²) in [6.45, 7) is 14.9. The van der Waals surface area contributed by atoms with E-state index < -0.39 is 20.5 Å². The summed E-state index contributed by atoms with van der Waals surface area (Å²) in [5.41, 5.74) is 1.10. The van der Waals surface area contributed by atoms with Gasteiger partial charge in [0.05, 0.1) is 31.5 Å². The van der Waals surface area contributed by atoms with Crippen LogP contribution >= 0.6 is 0 Å². The van der Waals surface area contributed by atoms with Crippen LogP contribution in [0.4, 0.5) is 0 Å². The van der Waals surface area contributed by atoms with Crippen LogP contribution in [0.2, 0.25) is 18.1 Å². The largest absolute Gasteiger partial charge is 0.409 e. The van der Waals surface area contributed by atoms with Crippen molar-refractivity contribution < 1.29 is 19.4 Å². The second-order valence-electron chi connectivity index (χ2n) is 8.45. The van der Waals surface area contributed by atoms with Crippen LogP contribution in [0, 0.1) is 5.92 Å². The molecule has 1 aromatic carbocycles. The summed E-state index contributed by atoms with van der Waals surface area (Å²) in [6.07, 6.45) is -1.50. The molecule has 4 atom stereocenters. The maximum absolute atomic E-state index is 10.7. The van der Waals surface area contributed by atoms with Gasteiger partial charge in [-0.05, 0) is 30.6 Å². The Morgan fingerprint density at radius 1 is 1.08 bits per heavy atom. The minimum Gasteiger partial charge on any atom is -0.409 e. The normalized spacial score (nSPS) is 17.8. The molecule has 144 valence electrons. The first kappa shape index (κ1) is 22.3. The zero-order chi connectivity index (χ0) is 19.3. The van der Waals surface area contributed by atoms with E-state index in [-0.39, 0.29) is 23.7 Å². The van der Waals surface area contributed by atoms with Crippen LogP contribution in [0.25, 0.3) is 0 Å². The van der Waals surface area contributed by atoms with Gasteiger partial charge in [0.2, 0.25) is 0 Å². The Kier molecular flexibility index (Phi) is 8.29. The Bertz CT molecular complexity index is 498. The van der Waals surface area contributed by atoms with Crippen molar-refractivity contribution >= 4 is 8.32 Å². The van der Waals surface area contributed by atoms with Crippen molar-refractivity contribution in [2.75, 3.05) is 6.61 Å². The molecule has 0 unspecified atom stereocenters. The monoisotopic (exact) mass is 368 g/mol. The molecule has 0 amide bonds. The molecule has 1 rings (SSSR count). The quantitative estimate of drug-likeness (QED) is 0.648. The Labute approximate surface area is 154 Å². The molecule has 1 aromatic rings. The van der Waals surface area contributed by atoms with Gasteiger partial charge in [0, 0.05) is 5.92 Å². The molecule has 0 bridgehead atoms. The van der Waals surface area contributed by atoms with Crippen molar-refractivity contribution in [2.24, 2.45) is 5.92 Å². The lowest BCUT2D eigenvalue weighted by molar-refractivity contribution is -0.0803. The Hall–Kier alpha value is -0.723. The Morgan fingerprint density at radius 2 is 1.64 bits per heavy atom. The number of aliphatic hydroxyl groups is 2. The minimum absolute atomic E-state index is 0.0266. The van der Waals surface area contributed by atoms with Gasteiger partial charge >= 0.3 is 0 Å². The standard InChI is InChI=1S/C20H36O4Si/c1-15(16(2)23-14-17-11-9-8-10-12-17)19(22)18(13-21)24-25(6,7)20(3,4)5/h8-12,15-16,18-19,21-22H,13-14H2,1-7H3/t15-,16+,18-,19+/m0/s1. The molecule has 0 spiro atoms. The first-order valence-corrected chi connectivity index (χ1v) is 12.0. The summed E-state index contributed by atoms with van der Waals surface area (Å²) in [5, 5.41) is 20.5. The highest BCUT2D eigenvalue weighted by atomic mass is 28.4. The van der Waals surface area contributed by atoms with E-state index in [2.05, 4.69) is 33.9 Å². The molecular weight excluding hydrogens is 332 g/mol. The minimum atomic E-state index is -2.06. The number of hydrogen-bond acceptors (Lipinski definition) is 4. The van der Waals surface area contributed by atoms with Crippen LogP contribution in [0.5, 0.6) is 0 Å². The van der Waals surface area contributed by atoms with E-state index in [4.69, 9.17) is 9.16 Å². The highest BCUT2D eigenvalue weighted by Gasteiger charge is 2.41. The van der Waals surface area contributed by atoms with Gasteiger partial charge in [-0.1, -0.05) is 58.0 Å². The maximum atomic E-state index is 10.7. The molecule has 0 heterocycles. The molecule has 0 aliphatic carbocycles. The second-order valence-corrected chi connectivity index (χ2v) is 13.2. The van der Waals surface area contributed by atoms with Crippen LogP contribution in [-0.2, 0) is 15.8 Å². The molecule has 0 saturated carbocycles. The second kappa shape index (κ2) is 9.28. The van der Waals surface area contributed by atoms with Gasteiger partial charge in [-0.2, -0.15) is 0 Å². The summed E-state index contributed by atoms with van der Waals surface area (Å²) in [5.74, 6) is -0.148. The fourth-order valence-corrected chi connectivity index (χ4v) is 3.66. The third kappa shape index (κ3) is 6.50. The van der Waals surface area contributed by atoms with Gasteiger partial charge in [-0.15, -0.1) is 0 Å². The fraction of sp³-hybridized carbons (Fsp3) is 0.700. The average Bonchev–Trinajstić information content (AvgIpc) is 2.56. The first-order chi connectivity index (χ1) is 11.5. The molecule has 5 heteroatoms. The molecule has 4 nitrogen and oxygen atoms in total. The first-order valence-electron chi connectivity index (χ1n) is 9.12. The van der Waals surface area contributed by atoms with Crippen LogP contribution in [0.1, 0.15) is 40.2 Å². The average molecular weight is 369 g/mol. The van der Waals surface area contributed by atoms with Gasteiger partial charge in [-0.25, -0.2) is 0 Å². The number of benzene rings is 1.